The molecule has 0 fully saturated rings. The van der Waals surface area contributed by atoms with Gasteiger partial charge in [0.05, 0.1) is 0 Å². The summed E-state index contributed by atoms with van der Waals surface area (Å²) in [6.45, 7) is 2.30. The third kappa shape index (κ3) is 2.13. The minimum Gasteiger partial charge on any atom is -0.419 e. The van der Waals surface area contributed by atoms with Crippen molar-refractivity contribution in [1.82, 2.24) is 15.2 Å². The van der Waals surface area contributed by atoms with Crippen molar-refractivity contribution in [3.63, 3.8) is 0 Å². The average molecular weight is 204 g/mol. The number of H-pyrrole nitrogens is 1. The number of hydrogen-bond donors (Lipinski definition) is 2. The van der Waals surface area contributed by atoms with Gasteiger partial charge in [0.1, 0.15) is 0 Å². The van der Waals surface area contributed by atoms with Crippen molar-refractivity contribution in [1.29, 1.82) is 0 Å². The lowest BCUT2D eigenvalue weighted by atomic mass is 10.3. The number of nitrogens with one attached hydrogen (secondary N) is 1. The van der Waals surface area contributed by atoms with E-state index in [9.17, 15) is 0 Å². The van der Waals surface area contributed by atoms with Crippen LogP contribution in [0.1, 0.15) is 11.3 Å². The number of ether oxygens (including phenoxy) is 1. The zero-order chi connectivity index (χ0) is 10.7. The fourth-order valence-corrected chi connectivity index (χ4v) is 1.22. The Balaban J connectivity index is 2.23. The highest BCUT2D eigenvalue weighted by molar-refractivity contribution is 5.29. The van der Waals surface area contributed by atoms with E-state index in [-0.39, 0.29) is 0 Å². The van der Waals surface area contributed by atoms with E-state index in [1.807, 2.05) is 19.1 Å². The minimum atomic E-state index is 0.395. The molecule has 0 aromatic carbocycles. The van der Waals surface area contributed by atoms with E-state index in [4.69, 9.17) is 10.5 Å². The van der Waals surface area contributed by atoms with Crippen LogP contribution in [-0.4, -0.2) is 15.2 Å². The first-order chi connectivity index (χ1) is 7.29. The first kappa shape index (κ1) is 9.67. The molecule has 3 N–H and O–H groups in total. The molecule has 5 heteroatoms. The molecule has 0 saturated carbocycles. The summed E-state index contributed by atoms with van der Waals surface area (Å²) in [6.07, 6.45) is 1.66. The molecule has 78 valence electrons. The van der Waals surface area contributed by atoms with Crippen LogP contribution in [0.2, 0.25) is 0 Å². The second-order valence-corrected chi connectivity index (χ2v) is 3.16. The van der Waals surface area contributed by atoms with Crippen molar-refractivity contribution >= 4 is 0 Å². The summed E-state index contributed by atoms with van der Waals surface area (Å²) >= 11 is 0. The summed E-state index contributed by atoms with van der Waals surface area (Å²) in [5.74, 6) is 1.01. The van der Waals surface area contributed by atoms with Gasteiger partial charge in [0, 0.05) is 30.1 Å². The first-order valence-corrected chi connectivity index (χ1v) is 4.63. The molecule has 0 aliphatic carbocycles. The van der Waals surface area contributed by atoms with Gasteiger partial charge in [-0.2, -0.15) is 0 Å². The Morgan fingerprint density at radius 3 is 3.07 bits per heavy atom. The molecular formula is C10H12N4O. The monoisotopic (exact) mass is 204 g/mol. The molecule has 0 atom stereocenters. The Hall–Kier alpha value is -1.88. The average Bonchev–Trinajstić information content (AvgIpc) is 2.65. The van der Waals surface area contributed by atoms with Gasteiger partial charge in [0.25, 0.3) is 0 Å². The third-order valence-electron chi connectivity index (χ3n) is 1.95. The summed E-state index contributed by atoms with van der Waals surface area (Å²) in [7, 11) is 0. The smallest absolute Gasteiger partial charge is 0.240 e. The van der Waals surface area contributed by atoms with Gasteiger partial charge in [0.2, 0.25) is 11.8 Å². The van der Waals surface area contributed by atoms with Crippen LogP contribution >= 0.6 is 0 Å². The maximum atomic E-state index is 5.56. The van der Waals surface area contributed by atoms with E-state index in [1.165, 1.54) is 0 Å². The number of nitrogens with zero attached hydrogens (tertiary/aromatic N) is 2. The molecule has 0 radical (unpaired) electrons. The van der Waals surface area contributed by atoms with Crippen LogP contribution in [0.15, 0.2) is 24.4 Å². The summed E-state index contributed by atoms with van der Waals surface area (Å²) in [4.78, 5) is 4.10. The maximum Gasteiger partial charge on any atom is 0.240 e. The maximum absolute atomic E-state index is 5.56. The third-order valence-corrected chi connectivity index (χ3v) is 1.95. The number of pyridine rings is 1. The Bertz CT molecular complexity index is 452. The van der Waals surface area contributed by atoms with Gasteiger partial charge in [-0.3, -0.25) is 5.10 Å². The molecule has 0 aliphatic rings. The molecule has 2 heterocycles. The molecule has 0 aliphatic heterocycles. The zero-order valence-corrected chi connectivity index (χ0v) is 8.40. The lowest BCUT2D eigenvalue weighted by molar-refractivity contribution is 0.437. The Kier molecular flexibility index (Phi) is 2.64. The SMILES string of the molecule is Cc1cc(Oc2ncccc2CN)n[nH]1. The summed E-state index contributed by atoms with van der Waals surface area (Å²) < 4.78 is 5.49. The van der Waals surface area contributed by atoms with Crippen LogP contribution in [0.4, 0.5) is 0 Å². The second kappa shape index (κ2) is 4.10. The topological polar surface area (TPSA) is 76.8 Å². The number of rotatable bonds is 3. The lowest BCUT2D eigenvalue weighted by Crippen LogP contribution is -2.00. The lowest BCUT2D eigenvalue weighted by Gasteiger charge is -2.04. The number of hydrogen-bond acceptors (Lipinski definition) is 4. The molecule has 2 aromatic rings. The highest BCUT2D eigenvalue weighted by Crippen LogP contribution is 2.20. The van der Waals surface area contributed by atoms with Crippen molar-refractivity contribution in [3.05, 3.63) is 35.7 Å². The van der Waals surface area contributed by atoms with Gasteiger partial charge < -0.3 is 10.5 Å². The number of aromatic nitrogens is 3. The van der Waals surface area contributed by atoms with Crippen LogP contribution in [-0.2, 0) is 6.54 Å². The van der Waals surface area contributed by atoms with Crippen LogP contribution in [0.3, 0.4) is 0 Å². The van der Waals surface area contributed by atoms with Gasteiger partial charge in [-0.25, -0.2) is 4.98 Å². The van der Waals surface area contributed by atoms with Gasteiger partial charge in [-0.1, -0.05) is 6.07 Å². The molecular weight excluding hydrogens is 192 g/mol. The molecule has 2 rings (SSSR count). The molecule has 2 aromatic heterocycles. The van der Waals surface area contributed by atoms with Crippen molar-refractivity contribution in [3.8, 4) is 11.8 Å². The molecule has 0 saturated heterocycles. The highest BCUT2D eigenvalue weighted by Gasteiger charge is 2.06. The van der Waals surface area contributed by atoms with Crippen LogP contribution in [0.25, 0.3) is 0 Å². The first-order valence-electron chi connectivity index (χ1n) is 4.63. The van der Waals surface area contributed by atoms with Crippen molar-refractivity contribution < 1.29 is 4.74 Å². The fourth-order valence-electron chi connectivity index (χ4n) is 1.22. The molecule has 0 unspecified atom stereocenters. The summed E-state index contributed by atoms with van der Waals surface area (Å²) in [5, 5.41) is 6.75. The predicted octanol–water partition coefficient (Wildman–Crippen LogP) is 1.36. The molecule has 0 spiro atoms. The van der Waals surface area contributed by atoms with Crippen LogP contribution in [0, 0.1) is 6.92 Å². The highest BCUT2D eigenvalue weighted by atomic mass is 16.5. The van der Waals surface area contributed by atoms with Crippen molar-refractivity contribution in [2.24, 2.45) is 5.73 Å². The minimum absolute atomic E-state index is 0.395. The van der Waals surface area contributed by atoms with E-state index < -0.39 is 0 Å². The van der Waals surface area contributed by atoms with Gasteiger partial charge in [-0.15, -0.1) is 5.10 Å². The van der Waals surface area contributed by atoms with Crippen molar-refractivity contribution in [2.75, 3.05) is 0 Å². The fraction of sp³-hybridized carbons (Fsp3) is 0.200. The Morgan fingerprint density at radius 1 is 1.53 bits per heavy atom. The second-order valence-electron chi connectivity index (χ2n) is 3.16. The van der Waals surface area contributed by atoms with Gasteiger partial charge in [0.15, 0.2) is 0 Å². The number of aryl methyl sites for hydroxylation is 1. The molecule has 0 bridgehead atoms. The van der Waals surface area contributed by atoms with E-state index in [0.717, 1.165) is 11.3 Å². The number of aromatic amines is 1. The molecule has 15 heavy (non-hydrogen) atoms. The largest absolute Gasteiger partial charge is 0.419 e. The summed E-state index contributed by atoms with van der Waals surface area (Å²) in [6, 6.07) is 5.50. The standard InChI is InChI=1S/C10H12N4O/c1-7-5-9(14-13-7)15-10-8(6-11)3-2-4-12-10/h2-5H,6,11H2,1H3,(H,13,14). The van der Waals surface area contributed by atoms with Crippen LogP contribution < -0.4 is 10.5 Å². The Morgan fingerprint density at radius 2 is 2.40 bits per heavy atom. The normalized spacial score (nSPS) is 10.3. The number of nitrogens with two attached hydrogens (primary N) is 1. The van der Waals surface area contributed by atoms with E-state index in [2.05, 4.69) is 15.2 Å². The predicted molar refractivity (Wildman–Crippen MR) is 55.5 cm³/mol. The summed E-state index contributed by atoms with van der Waals surface area (Å²) in [5.41, 5.74) is 7.36. The van der Waals surface area contributed by atoms with E-state index >= 15 is 0 Å². The molecule has 5 nitrogen and oxygen atoms in total. The van der Waals surface area contributed by atoms with Crippen LogP contribution in [0.5, 0.6) is 11.8 Å². The van der Waals surface area contributed by atoms with Gasteiger partial charge >= 0.3 is 0 Å². The van der Waals surface area contributed by atoms with Gasteiger partial charge in [-0.05, 0) is 13.0 Å². The van der Waals surface area contributed by atoms with Crippen molar-refractivity contribution in [2.45, 2.75) is 13.5 Å². The Labute approximate surface area is 87.3 Å². The van der Waals surface area contributed by atoms with E-state index in [0.29, 0.717) is 18.3 Å². The van der Waals surface area contributed by atoms with E-state index in [1.54, 1.807) is 12.3 Å². The zero-order valence-electron chi connectivity index (χ0n) is 8.40. The quantitative estimate of drug-likeness (QED) is 0.791. The molecule has 0 amide bonds.